The Morgan fingerprint density at radius 2 is 1.80 bits per heavy atom. The molecule has 0 radical (unpaired) electrons. The van der Waals surface area contributed by atoms with Crippen molar-refractivity contribution in [3.8, 4) is 16.9 Å². The lowest BCUT2D eigenvalue weighted by atomic mass is 9.94. The Balaban J connectivity index is 1.95. The van der Waals surface area contributed by atoms with Crippen LogP contribution in [0.15, 0.2) is 36.8 Å². The van der Waals surface area contributed by atoms with Crippen LogP contribution < -0.4 is 10.5 Å². The van der Waals surface area contributed by atoms with Crippen LogP contribution in [0.1, 0.15) is 43.8 Å². The maximum atomic E-state index is 13.1. The normalized spacial score (nSPS) is 13.0. The largest absolute Gasteiger partial charge is 0.490 e. The first-order valence-electron chi connectivity index (χ1n) is 10.4. The molecule has 35 heavy (non-hydrogen) atoms. The van der Waals surface area contributed by atoms with Gasteiger partial charge in [0.05, 0.1) is 16.1 Å². The van der Waals surface area contributed by atoms with Crippen molar-refractivity contribution in [3.63, 3.8) is 0 Å². The predicted molar refractivity (Wildman–Crippen MR) is 130 cm³/mol. The number of benzene rings is 1. The van der Waals surface area contributed by atoms with E-state index in [0.717, 1.165) is 12.3 Å². The Bertz CT molecular complexity index is 1400. The van der Waals surface area contributed by atoms with Crippen LogP contribution in [0, 0.1) is 0 Å². The Kier molecular flexibility index (Phi) is 6.78. The number of ether oxygens (including phenoxy) is 1. The molecule has 0 bridgehead atoms. The zero-order chi connectivity index (χ0) is 25.7. The van der Waals surface area contributed by atoms with Gasteiger partial charge in [0, 0.05) is 41.2 Å². The molecule has 4 rings (SSSR count). The molecule has 2 N–H and O–H groups in total. The van der Waals surface area contributed by atoms with Crippen LogP contribution in [0.3, 0.4) is 0 Å². The van der Waals surface area contributed by atoms with Gasteiger partial charge < -0.3 is 10.5 Å². The number of nitrogens with two attached hydrogens (primary N) is 1. The fourth-order valence-electron chi connectivity index (χ4n) is 3.77. The predicted octanol–water partition coefficient (Wildman–Crippen LogP) is 7.29. The van der Waals surface area contributed by atoms with E-state index in [1.54, 1.807) is 16.7 Å². The monoisotopic (exact) mass is 543 g/mol. The number of nitrogen functional groups attached to an aromatic ring is 1. The molecular formula is C23H19Cl3F3N5O. The Labute approximate surface area is 213 Å². The number of rotatable bonds is 5. The van der Waals surface area contributed by atoms with Crippen LogP contribution in [-0.2, 0) is 6.18 Å². The van der Waals surface area contributed by atoms with Crippen molar-refractivity contribution in [1.82, 2.24) is 19.4 Å². The van der Waals surface area contributed by atoms with Gasteiger partial charge in [-0.15, -0.1) is 0 Å². The van der Waals surface area contributed by atoms with Crippen LogP contribution in [0.5, 0.6) is 5.75 Å². The number of hydrogen-bond acceptors (Lipinski definition) is 5. The molecule has 0 aliphatic carbocycles. The van der Waals surface area contributed by atoms with E-state index in [0.29, 0.717) is 33.8 Å². The summed E-state index contributed by atoms with van der Waals surface area (Å²) in [5.41, 5.74) is 6.65. The molecular weight excluding hydrogens is 526 g/mol. The number of nitrogens with zero attached hydrogens (tertiary/aromatic N) is 4. The SMILES string of the molecule is CC(C)Oc1c(C(C)c2nc(Cl)c3c(N)nccn23)cc(Cl)c(Cl)c1-c1ccc(C(F)(F)F)nc1. The second kappa shape index (κ2) is 9.37. The van der Waals surface area contributed by atoms with Crippen LogP contribution in [0.25, 0.3) is 16.6 Å². The van der Waals surface area contributed by atoms with Crippen LogP contribution in [0.2, 0.25) is 15.2 Å². The Morgan fingerprint density at radius 1 is 1.09 bits per heavy atom. The molecule has 1 atom stereocenters. The summed E-state index contributed by atoms with van der Waals surface area (Å²) in [6.45, 7) is 5.50. The van der Waals surface area contributed by atoms with Gasteiger partial charge in [0.25, 0.3) is 0 Å². The van der Waals surface area contributed by atoms with Crippen LogP contribution >= 0.6 is 34.8 Å². The van der Waals surface area contributed by atoms with Crippen molar-refractivity contribution in [3.05, 3.63) is 69.1 Å². The first kappa shape index (κ1) is 25.3. The number of hydrogen-bond donors (Lipinski definition) is 1. The third-order valence-electron chi connectivity index (χ3n) is 5.32. The third-order valence-corrected chi connectivity index (χ3v) is 6.37. The average molecular weight is 545 g/mol. The summed E-state index contributed by atoms with van der Waals surface area (Å²) < 4.78 is 47.1. The molecule has 4 aromatic rings. The summed E-state index contributed by atoms with van der Waals surface area (Å²) >= 11 is 19.4. The minimum atomic E-state index is -4.58. The van der Waals surface area contributed by atoms with Gasteiger partial charge in [-0.25, -0.2) is 9.97 Å². The van der Waals surface area contributed by atoms with Gasteiger partial charge in [-0.2, -0.15) is 13.2 Å². The summed E-state index contributed by atoms with van der Waals surface area (Å²) in [6, 6.07) is 3.81. The van der Waals surface area contributed by atoms with Gasteiger partial charge in [0.15, 0.2) is 11.0 Å². The Morgan fingerprint density at radius 3 is 2.40 bits per heavy atom. The lowest BCUT2D eigenvalue weighted by Gasteiger charge is -2.23. The highest BCUT2D eigenvalue weighted by Crippen LogP contribution is 2.47. The Hall–Kier alpha value is -2.75. The number of alkyl halides is 3. The topological polar surface area (TPSA) is 78.3 Å². The summed E-state index contributed by atoms with van der Waals surface area (Å²) in [4.78, 5) is 12.1. The molecule has 1 aromatic carbocycles. The maximum absolute atomic E-state index is 13.1. The van der Waals surface area contributed by atoms with Gasteiger partial charge in [0.2, 0.25) is 0 Å². The molecule has 0 fully saturated rings. The van der Waals surface area contributed by atoms with E-state index in [1.165, 1.54) is 12.3 Å². The zero-order valence-electron chi connectivity index (χ0n) is 18.7. The van der Waals surface area contributed by atoms with Crippen molar-refractivity contribution < 1.29 is 17.9 Å². The number of halogens is 6. The van der Waals surface area contributed by atoms with Crippen molar-refractivity contribution in [2.24, 2.45) is 0 Å². The van der Waals surface area contributed by atoms with Crippen molar-refractivity contribution in [2.45, 2.75) is 39.0 Å². The number of fused-ring (bicyclic) bond motifs is 1. The summed E-state index contributed by atoms with van der Waals surface area (Å²) in [7, 11) is 0. The fourth-order valence-corrected chi connectivity index (χ4v) is 4.50. The van der Waals surface area contributed by atoms with Gasteiger partial charge in [-0.1, -0.05) is 47.8 Å². The van der Waals surface area contributed by atoms with Crippen molar-refractivity contribution >= 4 is 46.1 Å². The van der Waals surface area contributed by atoms with Gasteiger partial charge >= 0.3 is 6.18 Å². The van der Waals surface area contributed by atoms with Gasteiger partial charge in [0.1, 0.15) is 22.8 Å². The quantitative estimate of drug-likeness (QED) is 0.285. The fraction of sp³-hybridized carbons (Fsp3) is 0.261. The van der Waals surface area contributed by atoms with Crippen molar-refractivity contribution in [2.75, 3.05) is 5.73 Å². The minimum Gasteiger partial charge on any atom is -0.490 e. The van der Waals surface area contributed by atoms with E-state index in [-0.39, 0.29) is 27.1 Å². The van der Waals surface area contributed by atoms with Crippen molar-refractivity contribution in [1.29, 1.82) is 0 Å². The molecule has 184 valence electrons. The summed E-state index contributed by atoms with van der Waals surface area (Å²) in [5.74, 6) is 0.648. The van der Waals surface area contributed by atoms with Gasteiger partial charge in [-0.05, 0) is 26.0 Å². The second-order valence-electron chi connectivity index (χ2n) is 8.08. The van der Waals surface area contributed by atoms with E-state index in [2.05, 4.69) is 15.0 Å². The molecule has 12 heteroatoms. The molecule has 3 heterocycles. The standard InChI is InChI=1S/C23H19Cl3F3N5O/c1-10(2)35-19-13(11(3)22-33-20(26)18-21(30)31-6-7-34(18)22)8-14(24)17(25)16(19)12-4-5-15(32-9-12)23(27,28)29/h4-11H,1-3H3,(H2,30,31). The molecule has 0 saturated heterocycles. The third kappa shape index (κ3) is 4.72. The molecule has 1 unspecified atom stereocenters. The molecule has 3 aromatic heterocycles. The van der Waals surface area contributed by atoms with Crippen LogP contribution in [0.4, 0.5) is 19.0 Å². The van der Waals surface area contributed by atoms with E-state index in [1.807, 2.05) is 20.8 Å². The summed E-state index contributed by atoms with van der Waals surface area (Å²) in [5, 5.41) is 0.489. The average Bonchev–Trinajstić information content (AvgIpc) is 3.13. The lowest BCUT2D eigenvalue weighted by Crippen LogP contribution is -2.12. The number of pyridine rings is 1. The first-order valence-corrected chi connectivity index (χ1v) is 11.5. The van der Waals surface area contributed by atoms with Gasteiger partial charge in [-0.3, -0.25) is 9.38 Å². The maximum Gasteiger partial charge on any atom is 0.433 e. The lowest BCUT2D eigenvalue weighted by molar-refractivity contribution is -0.141. The molecule has 0 amide bonds. The van der Waals surface area contributed by atoms with E-state index >= 15 is 0 Å². The number of imidazole rings is 1. The van der Waals surface area contributed by atoms with E-state index in [9.17, 15) is 13.2 Å². The van der Waals surface area contributed by atoms with Crippen LogP contribution in [-0.4, -0.2) is 25.5 Å². The highest BCUT2D eigenvalue weighted by atomic mass is 35.5. The summed E-state index contributed by atoms with van der Waals surface area (Å²) in [6.07, 6.45) is -0.574. The zero-order valence-corrected chi connectivity index (χ0v) is 20.9. The first-order chi connectivity index (χ1) is 16.4. The number of aromatic nitrogens is 4. The highest BCUT2D eigenvalue weighted by Gasteiger charge is 2.33. The smallest absolute Gasteiger partial charge is 0.433 e. The highest BCUT2D eigenvalue weighted by molar-refractivity contribution is 6.44. The minimum absolute atomic E-state index is 0.124. The van der Waals surface area contributed by atoms with E-state index in [4.69, 9.17) is 45.3 Å². The molecule has 6 nitrogen and oxygen atoms in total. The molecule has 0 aliphatic rings. The number of anilines is 1. The van der Waals surface area contributed by atoms with E-state index < -0.39 is 17.8 Å². The second-order valence-corrected chi connectivity index (χ2v) is 9.22. The molecule has 0 saturated carbocycles. The molecule has 0 aliphatic heterocycles. The molecule has 0 spiro atoms.